The summed E-state index contributed by atoms with van der Waals surface area (Å²) in [5, 5.41) is 7.92. The Hall–Kier alpha value is -2.73. The van der Waals surface area contributed by atoms with Crippen molar-refractivity contribution in [1.82, 2.24) is 9.78 Å². The van der Waals surface area contributed by atoms with Gasteiger partial charge in [-0.3, -0.25) is 4.79 Å². The number of carbonyl (C=O) groups is 1. The van der Waals surface area contributed by atoms with Gasteiger partial charge in [0.05, 0.1) is 24.9 Å². The third-order valence-corrected chi connectivity index (χ3v) is 5.88. The molecule has 0 radical (unpaired) electrons. The van der Waals surface area contributed by atoms with Crippen molar-refractivity contribution in [2.24, 2.45) is 0 Å². The topological polar surface area (TPSA) is 56.1 Å². The van der Waals surface area contributed by atoms with E-state index in [1.165, 1.54) is 5.56 Å². The Morgan fingerprint density at radius 1 is 1.18 bits per heavy atom. The minimum Gasteiger partial charge on any atom is -0.497 e. The first-order valence-corrected chi connectivity index (χ1v) is 10.4. The molecule has 0 atom stereocenters. The second kappa shape index (κ2) is 7.72. The van der Waals surface area contributed by atoms with E-state index in [9.17, 15) is 4.79 Å². The molecule has 1 aromatic heterocycles. The minimum absolute atomic E-state index is 0.0456. The zero-order valence-electron chi connectivity index (χ0n) is 16.3. The molecule has 0 fully saturated rings. The van der Waals surface area contributed by atoms with E-state index in [1.807, 2.05) is 40.7 Å². The summed E-state index contributed by atoms with van der Waals surface area (Å²) < 4.78 is 7.07. The highest BCUT2D eigenvalue weighted by Gasteiger charge is 2.25. The van der Waals surface area contributed by atoms with E-state index < -0.39 is 0 Å². The van der Waals surface area contributed by atoms with Gasteiger partial charge in [-0.1, -0.05) is 29.8 Å². The van der Waals surface area contributed by atoms with Gasteiger partial charge < -0.3 is 10.1 Å². The lowest BCUT2D eigenvalue weighted by Crippen LogP contribution is -2.18. The highest BCUT2D eigenvalue weighted by Crippen LogP contribution is 2.36. The number of rotatable bonds is 5. The van der Waals surface area contributed by atoms with Crippen molar-refractivity contribution in [2.75, 3.05) is 12.4 Å². The van der Waals surface area contributed by atoms with Crippen LogP contribution >= 0.6 is 11.8 Å². The summed E-state index contributed by atoms with van der Waals surface area (Å²) in [5.74, 6) is 3.29. The smallest absolute Gasteiger partial charge is 0.229 e. The van der Waals surface area contributed by atoms with Gasteiger partial charge in [0, 0.05) is 17.1 Å². The fourth-order valence-corrected chi connectivity index (χ4v) is 4.50. The van der Waals surface area contributed by atoms with Crippen LogP contribution in [-0.2, 0) is 22.7 Å². The van der Waals surface area contributed by atoms with Crippen molar-refractivity contribution < 1.29 is 9.53 Å². The van der Waals surface area contributed by atoms with Gasteiger partial charge in [0.2, 0.25) is 5.91 Å². The number of ether oxygens (including phenoxy) is 1. The van der Waals surface area contributed by atoms with E-state index in [4.69, 9.17) is 9.84 Å². The molecule has 144 valence electrons. The number of nitrogens with one attached hydrogen (secondary N) is 1. The third kappa shape index (κ3) is 3.64. The largest absolute Gasteiger partial charge is 0.497 e. The summed E-state index contributed by atoms with van der Waals surface area (Å²) >= 11 is 1.83. The van der Waals surface area contributed by atoms with Crippen LogP contribution in [0.2, 0.25) is 0 Å². The number of hydrogen-bond donors (Lipinski definition) is 1. The van der Waals surface area contributed by atoms with Crippen LogP contribution in [0.1, 0.15) is 27.9 Å². The Kier molecular flexibility index (Phi) is 5.13. The molecule has 0 aliphatic carbocycles. The molecular weight excluding hydrogens is 370 g/mol. The van der Waals surface area contributed by atoms with E-state index in [0.29, 0.717) is 6.42 Å². The maximum Gasteiger partial charge on any atom is 0.229 e. The highest BCUT2D eigenvalue weighted by atomic mass is 32.2. The average Bonchev–Trinajstić information content (AvgIpc) is 3.25. The van der Waals surface area contributed by atoms with Crippen LogP contribution in [-0.4, -0.2) is 22.8 Å². The Bertz CT molecular complexity index is 1030. The molecule has 3 aromatic rings. The Morgan fingerprint density at radius 2 is 1.96 bits per heavy atom. The van der Waals surface area contributed by atoms with Crippen molar-refractivity contribution in [3.63, 3.8) is 0 Å². The first-order valence-electron chi connectivity index (χ1n) is 9.24. The van der Waals surface area contributed by atoms with Crippen LogP contribution in [0.4, 0.5) is 5.82 Å². The maximum absolute atomic E-state index is 12.8. The average molecular weight is 394 g/mol. The molecule has 2 aromatic carbocycles. The Labute approximate surface area is 169 Å². The zero-order chi connectivity index (χ0) is 19.7. The molecule has 6 heteroatoms. The van der Waals surface area contributed by atoms with Gasteiger partial charge in [0.1, 0.15) is 11.6 Å². The molecule has 1 aliphatic rings. The first-order chi connectivity index (χ1) is 13.5. The molecule has 5 nitrogen and oxygen atoms in total. The van der Waals surface area contributed by atoms with Crippen molar-refractivity contribution in [2.45, 2.75) is 31.8 Å². The molecule has 0 saturated carbocycles. The molecule has 1 N–H and O–H groups in total. The maximum atomic E-state index is 12.8. The van der Waals surface area contributed by atoms with E-state index in [-0.39, 0.29) is 5.91 Å². The van der Waals surface area contributed by atoms with Crippen molar-refractivity contribution >= 4 is 23.5 Å². The monoisotopic (exact) mass is 393 g/mol. The lowest BCUT2D eigenvalue weighted by atomic mass is 10.1. The second-order valence-electron chi connectivity index (χ2n) is 7.04. The summed E-state index contributed by atoms with van der Waals surface area (Å²) in [6.07, 6.45) is 0.309. The van der Waals surface area contributed by atoms with Gasteiger partial charge in [0.15, 0.2) is 0 Å². The van der Waals surface area contributed by atoms with Gasteiger partial charge in [-0.05, 0) is 43.2 Å². The van der Waals surface area contributed by atoms with Crippen molar-refractivity contribution in [3.05, 3.63) is 70.4 Å². The lowest BCUT2D eigenvalue weighted by Gasteiger charge is -2.13. The number of aryl methyl sites for hydroxylation is 2. The van der Waals surface area contributed by atoms with Crippen LogP contribution in [0.3, 0.4) is 0 Å². The summed E-state index contributed by atoms with van der Waals surface area (Å²) in [7, 11) is 1.63. The number of thioether (sulfide) groups is 1. The SMILES string of the molecule is COc1ccc(CC(=O)Nc2c3c(nn2-c2ccc(C)cc2C)CSC3)cc1. The number of hydrogen-bond acceptors (Lipinski definition) is 4. The predicted molar refractivity (Wildman–Crippen MR) is 113 cm³/mol. The number of amides is 1. The number of methoxy groups -OCH3 is 1. The number of anilines is 1. The third-order valence-electron chi connectivity index (χ3n) is 4.91. The van der Waals surface area contributed by atoms with Gasteiger partial charge in [-0.25, -0.2) is 4.68 Å². The summed E-state index contributed by atoms with van der Waals surface area (Å²) in [4.78, 5) is 12.8. The summed E-state index contributed by atoms with van der Waals surface area (Å²) in [5.41, 5.74) is 6.49. The normalized spacial score (nSPS) is 12.7. The van der Waals surface area contributed by atoms with Crippen LogP contribution in [0, 0.1) is 13.8 Å². The Morgan fingerprint density at radius 3 is 2.68 bits per heavy atom. The molecule has 1 aliphatic heterocycles. The quantitative estimate of drug-likeness (QED) is 0.697. The van der Waals surface area contributed by atoms with E-state index in [2.05, 4.69) is 37.4 Å². The molecule has 0 saturated heterocycles. The Balaban J connectivity index is 1.62. The fraction of sp³-hybridized carbons (Fsp3) is 0.273. The van der Waals surface area contributed by atoms with Gasteiger partial charge in [-0.2, -0.15) is 16.9 Å². The number of carbonyl (C=O) groups excluding carboxylic acids is 1. The summed E-state index contributed by atoms with van der Waals surface area (Å²) in [6.45, 7) is 4.15. The van der Waals surface area contributed by atoms with Gasteiger partial charge in [0.25, 0.3) is 0 Å². The minimum atomic E-state index is -0.0456. The molecule has 0 spiro atoms. The molecule has 2 heterocycles. The van der Waals surface area contributed by atoms with Gasteiger partial charge in [-0.15, -0.1) is 0 Å². The predicted octanol–water partition coefficient (Wildman–Crippen LogP) is 4.43. The van der Waals surface area contributed by atoms with E-state index in [0.717, 1.165) is 51.1 Å². The molecule has 0 unspecified atom stereocenters. The number of fused-ring (bicyclic) bond motifs is 1. The summed E-state index contributed by atoms with van der Waals surface area (Å²) in [6, 6.07) is 13.9. The van der Waals surface area contributed by atoms with Crippen molar-refractivity contribution in [1.29, 1.82) is 0 Å². The molecule has 1 amide bonds. The van der Waals surface area contributed by atoms with Crippen LogP contribution in [0.15, 0.2) is 42.5 Å². The fourth-order valence-electron chi connectivity index (χ4n) is 3.46. The first kappa shape index (κ1) is 18.6. The van der Waals surface area contributed by atoms with Crippen molar-refractivity contribution in [3.8, 4) is 11.4 Å². The van der Waals surface area contributed by atoms with E-state index >= 15 is 0 Å². The zero-order valence-corrected chi connectivity index (χ0v) is 17.1. The lowest BCUT2D eigenvalue weighted by molar-refractivity contribution is -0.115. The molecule has 4 rings (SSSR count). The second-order valence-corrected chi connectivity index (χ2v) is 8.03. The number of benzene rings is 2. The standard InChI is InChI=1S/C22H23N3O2S/c1-14-4-9-20(15(2)10-14)25-22(18-12-28-13-19(18)24-25)23-21(26)11-16-5-7-17(27-3)8-6-16/h4-10H,11-13H2,1-3H3,(H,23,26). The van der Waals surface area contributed by atoms with Crippen LogP contribution in [0.25, 0.3) is 5.69 Å². The number of nitrogens with zero attached hydrogens (tertiary/aromatic N) is 2. The van der Waals surface area contributed by atoms with Gasteiger partial charge >= 0.3 is 0 Å². The molecular formula is C22H23N3O2S. The van der Waals surface area contributed by atoms with E-state index in [1.54, 1.807) is 7.11 Å². The number of aromatic nitrogens is 2. The van der Waals surface area contributed by atoms with Crippen LogP contribution in [0.5, 0.6) is 5.75 Å². The highest BCUT2D eigenvalue weighted by molar-refractivity contribution is 7.98. The molecule has 28 heavy (non-hydrogen) atoms. The molecule has 0 bridgehead atoms. The van der Waals surface area contributed by atoms with Crippen LogP contribution < -0.4 is 10.1 Å².